The van der Waals surface area contributed by atoms with Crippen molar-refractivity contribution in [3.05, 3.63) is 70.7 Å². The second-order valence-electron chi connectivity index (χ2n) is 3.32. The lowest BCUT2D eigenvalue weighted by atomic mass is 10.0. The van der Waals surface area contributed by atoms with Gasteiger partial charge in [-0.3, -0.25) is 0 Å². The Morgan fingerprint density at radius 1 is 0.938 bits per heavy atom. The van der Waals surface area contributed by atoms with Crippen LogP contribution in [0.1, 0.15) is 11.1 Å². The van der Waals surface area contributed by atoms with Crippen LogP contribution in [0.4, 0.5) is 0 Å². The van der Waals surface area contributed by atoms with E-state index >= 15 is 0 Å². The van der Waals surface area contributed by atoms with Gasteiger partial charge in [-0.2, -0.15) is 0 Å². The molecular formula is C13H10ClNO. The van der Waals surface area contributed by atoms with Crippen LogP contribution in [0.2, 0.25) is 5.02 Å². The number of nitrogens with zero attached hydrogens (tertiary/aromatic N) is 1. The van der Waals surface area contributed by atoms with E-state index in [1.165, 1.54) is 0 Å². The summed E-state index contributed by atoms with van der Waals surface area (Å²) in [6.45, 7) is 0. The van der Waals surface area contributed by atoms with Gasteiger partial charge in [-0.1, -0.05) is 59.2 Å². The van der Waals surface area contributed by atoms with E-state index < -0.39 is 0 Å². The maximum Gasteiger partial charge on any atom is 0.117 e. The first kappa shape index (κ1) is 10.7. The Morgan fingerprint density at radius 2 is 1.62 bits per heavy atom. The second-order valence-corrected chi connectivity index (χ2v) is 3.76. The van der Waals surface area contributed by atoms with Crippen LogP contribution in [0.15, 0.2) is 59.8 Å². The van der Waals surface area contributed by atoms with E-state index in [0.717, 1.165) is 11.1 Å². The number of benzene rings is 2. The number of oxime groups is 1. The van der Waals surface area contributed by atoms with E-state index in [4.69, 9.17) is 16.8 Å². The van der Waals surface area contributed by atoms with Crippen LogP contribution < -0.4 is 0 Å². The van der Waals surface area contributed by atoms with Crippen LogP contribution in [0.3, 0.4) is 0 Å². The smallest absolute Gasteiger partial charge is 0.117 e. The SMILES string of the molecule is O/N=C(/c1ccccc1)c1cccc(Cl)c1. The summed E-state index contributed by atoms with van der Waals surface area (Å²) in [6.07, 6.45) is 0. The van der Waals surface area contributed by atoms with Gasteiger partial charge in [-0.25, -0.2) is 0 Å². The van der Waals surface area contributed by atoms with Gasteiger partial charge in [0.15, 0.2) is 0 Å². The molecule has 0 saturated carbocycles. The summed E-state index contributed by atoms with van der Waals surface area (Å²) in [5, 5.41) is 13.0. The molecule has 0 aromatic heterocycles. The molecule has 0 aliphatic carbocycles. The van der Waals surface area contributed by atoms with Crippen LogP contribution in [0, 0.1) is 0 Å². The minimum Gasteiger partial charge on any atom is -0.410 e. The van der Waals surface area contributed by atoms with Gasteiger partial charge in [-0.15, -0.1) is 0 Å². The highest BCUT2D eigenvalue weighted by atomic mass is 35.5. The second kappa shape index (κ2) is 4.81. The lowest BCUT2D eigenvalue weighted by molar-refractivity contribution is 0.319. The molecule has 0 fully saturated rings. The van der Waals surface area contributed by atoms with Crippen molar-refractivity contribution in [2.24, 2.45) is 5.16 Å². The normalized spacial score (nSPS) is 11.4. The van der Waals surface area contributed by atoms with Crippen LogP contribution in [-0.2, 0) is 0 Å². The van der Waals surface area contributed by atoms with Crippen LogP contribution in [0.25, 0.3) is 0 Å². The van der Waals surface area contributed by atoms with Gasteiger partial charge < -0.3 is 5.21 Å². The molecule has 0 aliphatic heterocycles. The highest BCUT2D eigenvalue weighted by Gasteiger charge is 2.07. The Bertz CT molecular complexity index is 508. The van der Waals surface area contributed by atoms with Crippen molar-refractivity contribution < 1.29 is 5.21 Å². The molecular weight excluding hydrogens is 222 g/mol. The molecule has 16 heavy (non-hydrogen) atoms. The molecule has 1 N–H and O–H groups in total. The standard InChI is InChI=1S/C13H10ClNO/c14-12-8-4-7-11(9-12)13(15-16)10-5-2-1-3-6-10/h1-9,16H/b15-13-. The fourth-order valence-corrected chi connectivity index (χ4v) is 1.70. The van der Waals surface area contributed by atoms with Crippen LogP contribution in [0.5, 0.6) is 0 Å². The van der Waals surface area contributed by atoms with Gasteiger partial charge in [0.1, 0.15) is 5.71 Å². The Hall–Kier alpha value is -1.80. The lowest BCUT2D eigenvalue weighted by Gasteiger charge is -2.04. The first-order valence-electron chi connectivity index (χ1n) is 4.84. The molecule has 0 spiro atoms. The maximum atomic E-state index is 9.07. The van der Waals surface area contributed by atoms with Crippen molar-refractivity contribution in [3.63, 3.8) is 0 Å². The Kier molecular flexibility index (Phi) is 3.22. The predicted octanol–water partition coefficient (Wildman–Crippen LogP) is 3.57. The molecule has 0 unspecified atom stereocenters. The summed E-state index contributed by atoms with van der Waals surface area (Å²) in [4.78, 5) is 0. The molecule has 0 atom stereocenters. The average molecular weight is 232 g/mol. The van der Waals surface area contributed by atoms with Gasteiger partial charge in [0.05, 0.1) is 0 Å². The molecule has 0 heterocycles. The highest BCUT2D eigenvalue weighted by Crippen LogP contribution is 2.15. The topological polar surface area (TPSA) is 32.6 Å². The highest BCUT2D eigenvalue weighted by molar-refractivity contribution is 6.31. The van der Waals surface area contributed by atoms with E-state index in [-0.39, 0.29) is 0 Å². The van der Waals surface area contributed by atoms with Crippen molar-refractivity contribution in [3.8, 4) is 0 Å². The molecule has 0 saturated heterocycles. The van der Waals surface area contributed by atoms with Crippen LogP contribution >= 0.6 is 11.6 Å². The van der Waals surface area contributed by atoms with Crippen molar-refractivity contribution >= 4 is 17.3 Å². The third-order valence-electron chi connectivity index (χ3n) is 2.25. The zero-order valence-corrected chi connectivity index (χ0v) is 9.22. The van der Waals surface area contributed by atoms with Gasteiger partial charge in [0.2, 0.25) is 0 Å². The Balaban J connectivity index is 2.46. The van der Waals surface area contributed by atoms with E-state index in [1.54, 1.807) is 12.1 Å². The summed E-state index contributed by atoms with van der Waals surface area (Å²) in [7, 11) is 0. The summed E-state index contributed by atoms with van der Waals surface area (Å²) in [5.41, 5.74) is 2.16. The van der Waals surface area contributed by atoms with E-state index in [9.17, 15) is 0 Å². The minimum absolute atomic E-state index is 0.517. The summed E-state index contributed by atoms with van der Waals surface area (Å²) in [6, 6.07) is 16.7. The molecule has 0 bridgehead atoms. The molecule has 2 aromatic rings. The lowest BCUT2D eigenvalue weighted by Crippen LogP contribution is -2.02. The zero-order chi connectivity index (χ0) is 11.4. The van der Waals surface area contributed by atoms with Crippen LogP contribution in [-0.4, -0.2) is 10.9 Å². The first-order chi connectivity index (χ1) is 7.81. The fourth-order valence-electron chi connectivity index (χ4n) is 1.51. The molecule has 0 radical (unpaired) electrons. The summed E-state index contributed by atoms with van der Waals surface area (Å²) >= 11 is 5.90. The van der Waals surface area contributed by atoms with E-state index in [0.29, 0.717) is 10.7 Å². The van der Waals surface area contributed by atoms with E-state index in [1.807, 2.05) is 42.5 Å². The minimum atomic E-state index is 0.517. The molecule has 2 rings (SSSR count). The van der Waals surface area contributed by atoms with Gasteiger partial charge in [-0.05, 0) is 12.1 Å². The first-order valence-corrected chi connectivity index (χ1v) is 5.22. The monoisotopic (exact) mass is 231 g/mol. The molecule has 80 valence electrons. The number of rotatable bonds is 2. The molecule has 0 amide bonds. The largest absolute Gasteiger partial charge is 0.410 e. The Labute approximate surface area is 98.8 Å². The third kappa shape index (κ3) is 2.23. The molecule has 3 heteroatoms. The van der Waals surface area contributed by atoms with Gasteiger partial charge in [0, 0.05) is 16.1 Å². The Morgan fingerprint density at radius 3 is 2.25 bits per heavy atom. The van der Waals surface area contributed by atoms with Gasteiger partial charge >= 0.3 is 0 Å². The van der Waals surface area contributed by atoms with Crippen molar-refractivity contribution in [1.82, 2.24) is 0 Å². The average Bonchev–Trinajstić information content (AvgIpc) is 2.31. The predicted molar refractivity (Wildman–Crippen MR) is 65.3 cm³/mol. The zero-order valence-electron chi connectivity index (χ0n) is 8.47. The summed E-state index contributed by atoms with van der Waals surface area (Å²) < 4.78 is 0. The fraction of sp³-hybridized carbons (Fsp3) is 0. The molecule has 2 aromatic carbocycles. The summed E-state index contributed by atoms with van der Waals surface area (Å²) in [5.74, 6) is 0. The number of hydrogen-bond acceptors (Lipinski definition) is 2. The third-order valence-corrected chi connectivity index (χ3v) is 2.48. The van der Waals surface area contributed by atoms with E-state index in [2.05, 4.69) is 5.16 Å². The number of halogens is 1. The quantitative estimate of drug-likeness (QED) is 0.478. The van der Waals surface area contributed by atoms with Crippen molar-refractivity contribution in [2.45, 2.75) is 0 Å². The van der Waals surface area contributed by atoms with Gasteiger partial charge in [0.25, 0.3) is 0 Å². The molecule has 0 aliphatic rings. The molecule has 2 nitrogen and oxygen atoms in total. The van der Waals surface area contributed by atoms with Crippen molar-refractivity contribution in [1.29, 1.82) is 0 Å². The van der Waals surface area contributed by atoms with Crippen molar-refractivity contribution in [2.75, 3.05) is 0 Å². The number of hydrogen-bond donors (Lipinski definition) is 1. The maximum absolute atomic E-state index is 9.07.